The van der Waals surface area contributed by atoms with E-state index in [1.165, 1.54) is 95.0 Å². The van der Waals surface area contributed by atoms with Gasteiger partial charge in [0.25, 0.3) is 0 Å². The fourth-order valence-corrected chi connectivity index (χ4v) is 9.56. The van der Waals surface area contributed by atoms with Gasteiger partial charge in [0.05, 0.1) is 0 Å². The van der Waals surface area contributed by atoms with Crippen molar-refractivity contribution in [1.29, 1.82) is 0 Å². The Morgan fingerprint density at radius 2 is 0.804 bits per heavy atom. The zero-order valence-electron chi connectivity index (χ0n) is 30.9. The molecule has 0 amide bonds. The van der Waals surface area contributed by atoms with Crippen LogP contribution in [0.15, 0.2) is 140 Å². The van der Waals surface area contributed by atoms with E-state index in [9.17, 15) is 0 Å². The van der Waals surface area contributed by atoms with Gasteiger partial charge in [-0.2, -0.15) is 0 Å². The summed E-state index contributed by atoms with van der Waals surface area (Å²) in [6.07, 6.45) is 4.10. The molecule has 6 aromatic rings. The molecule has 6 aromatic carbocycles. The Labute approximate surface area is 303 Å². The molecule has 0 bridgehead atoms. The summed E-state index contributed by atoms with van der Waals surface area (Å²) < 4.78 is 0. The first-order valence-electron chi connectivity index (χ1n) is 18.3. The Bertz CT molecular complexity index is 2380. The monoisotopic (exact) mass is 659 g/mol. The highest BCUT2D eigenvalue weighted by molar-refractivity contribution is 5.91. The molecule has 51 heavy (non-hydrogen) atoms. The SMILES string of the molecule is C=C/C(=C\C)c1ccc2c(c1)C(C)(C)c1cc(N(c3ccc4c(c3)C(C)(C)c3ccccc3-4)c3ccc4c(c3)C(C)(C)c3ccccc3-4)ccc1-2. The van der Waals surface area contributed by atoms with E-state index in [-0.39, 0.29) is 16.2 Å². The number of fused-ring (bicyclic) bond motifs is 9. The molecule has 250 valence electrons. The second-order valence-corrected chi connectivity index (χ2v) is 16.2. The Kier molecular flexibility index (Phi) is 6.69. The smallest absolute Gasteiger partial charge is 0.0465 e. The third-order valence-corrected chi connectivity index (χ3v) is 12.4. The standard InChI is InChI=1S/C50H45N/c1-9-31(10-2)32-19-23-38-41-26-22-35(30-47(41)50(7,8)44(38)27-32)51(33-20-24-39-36-15-11-13-17-42(36)48(3,4)45(39)28-33)34-21-25-40-37-16-12-14-18-43(37)49(5,6)46(40)29-34/h9-30H,1H2,2-8H3/b31-10+. The van der Waals surface area contributed by atoms with Crippen molar-refractivity contribution in [1.82, 2.24) is 0 Å². The maximum Gasteiger partial charge on any atom is 0.0465 e. The highest BCUT2D eigenvalue weighted by atomic mass is 15.1. The van der Waals surface area contributed by atoms with E-state index in [0.29, 0.717) is 0 Å². The number of anilines is 3. The zero-order chi connectivity index (χ0) is 35.4. The normalized spacial score (nSPS) is 16.4. The Balaban J connectivity index is 1.23. The molecule has 0 saturated heterocycles. The number of hydrogen-bond acceptors (Lipinski definition) is 1. The van der Waals surface area contributed by atoms with Gasteiger partial charge in [0, 0.05) is 33.3 Å². The topological polar surface area (TPSA) is 3.24 Å². The molecule has 0 atom stereocenters. The van der Waals surface area contributed by atoms with Crippen molar-refractivity contribution in [2.45, 2.75) is 64.7 Å². The molecule has 0 unspecified atom stereocenters. The van der Waals surface area contributed by atoms with Crippen LogP contribution in [0.25, 0.3) is 39.0 Å². The molecule has 9 rings (SSSR count). The van der Waals surface area contributed by atoms with E-state index >= 15 is 0 Å². The molecule has 0 N–H and O–H groups in total. The Hall–Kier alpha value is -5.40. The third kappa shape index (κ3) is 4.34. The van der Waals surface area contributed by atoms with Crippen LogP contribution in [0.1, 0.15) is 87.4 Å². The molecule has 0 fully saturated rings. The number of benzene rings is 6. The number of hydrogen-bond donors (Lipinski definition) is 0. The van der Waals surface area contributed by atoms with Crippen molar-refractivity contribution < 1.29 is 0 Å². The van der Waals surface area contributed by atoms with Gasteiger partial charge in [-0.1, -0.05) is 139 Å². The lowest BCUT2D eigenvalue weighted by atomic mass is 9.81. The van der Waals surface area contributed by atoms with E-state index in [4.69, 9.17) is 0 Å². The van der Waals surface area contributed by atoms with Crippen LogP contribution in [0, 0.1) is 0 Å². The van der Waals surface area contributed by atoms with Gasteiger partial charge in [-0.3, -0.25) is 0 Å². The summed E-state index contributed by atoms with van der Waals surface area (Å²) in [5.74, 6) is 0. The van der Waals surface area contributed by atoms with Crippen molar-refractivity contribution in [2.24, 2.45) is 0 Å². The molecule has 0 radical (unpaired) electrons. The molecular formula is C50H45N. The molecule has 1 nitrogen and oxygen atoms in total. The van der Waals surface area contributed by atoms with Crippen molar-refractivity contribution in [2.75, 3.05) is 4.90 Å². The predicted molar refractivity (Wildman–Crippen MR) is 218 cm³/mol. The van der Waals surface area contributed by atoms with Gasteiger partial charge in [0.15, 0.2) is 0 Å². The lowest BCUT2D eigenvalue weighted by Crippen LogP contribution is -2.19. The fourth-order valence-electron chi connectivity index (χ4n) is 9.56. The van der Waals surface area contributed by atoms with Gasteiger partial charge in [0.2, 0.25) is 0 Å². The van der Waals surface area contributed by atoms with Crippen molar-refractivity contribution in [3.8, 4) is 33.4 Å². The molecular weight excluding hydrogens is 615 g/mol. The fraction of sp³-hybridized carbons (Fsp3) is 0.200. The van der Waals surface area contributed by atoms with Gasteiger partial charge in [-0.25, -0.2) is 0 Å². The second-order valence-electron chi connectivity index (χ2n) is 16.2. The van der Waals surface area contributed by atoms with Crippen LogP contribution in [0.2, 0.25) is 0 Å². The molecule has 0 heterocycles. The predicted octanol–water partition coefficient (Wildman–Crippen LogP) is 13.7. The first-order chi connectivity index (χ1) is 24.5. The highest BCUT2D eigenvalue weighted by Gasteiger charge is 2.39. The van der Waals surface area contributed by atoms with Crippen molar-refractivity contribution in [3.63, 3.8) is 0 Å². The van der Waals surface area contributed by atoms with Crippen LogP contribution in [0.4, 0.5) is 17.1 Å². The van der Waals surface area contributed by atoms with Crippen LogP contribution in [0.3, 0.4) is 0 Å². The zero-order valence-corrected chi connectivity index (χ0v) is 30.9. The summed E-state index contributed by atoms with van der Waals surface area (Å²) >= 11 is 0. The van der Waals surface area contributed by atoms with Gasteiger partial charge < -0.3 is 4.90 Å². The van der Waals surface area contributed by atoms with Gasteiger partial charge in [-0.15, -0.1) is 0 Å². The molecule has 1 heteroatoms. The third-order valence-electron chi connectivity index (χ3n) is 12.4. The van der Waals surface area contributed by atoms with E-state index in [2.05, 4.69) is 187 Å². The highest BCUT2D eigenvalue weighted by Crippen LogP contribution is 2.55. The molecule has 3 aliphatic rings. The average Bonchev–Trinajstić information content (AvgIpc) is 3.61. The van der Waals surface area contributed by atoms with E-state index in [1.54, 1.807) is 0 Å². The van der Waals surface area contributed by atoms with Crippen LogP contribution < -0.4 is 4.90 Å². The van der Waals surface area contributed by atoms with E-state index in [0.717, 1.165) is 0 Å². The lowest BCUT2D eigenvalue weighted by Gasteiger charge is -2.31. The Morgan fingerprint density at radius 1 is 0.451 bits per heavy atom. The Morgan fingerprint density at radius 3 is 1.22 bits per heavy atom. The van der Waals surface area contributed by atoms with Gasteiger partial charge in [0.1, 0.15) is 0 Å². The summed E-state index contributed by atoms with van der Waals surface area (Å²) in [6.45, 7) is 20.4. The quantitative estimate of drug-likeness (QED) is 0.167. The van der Waals surface area contributed by atoms with Gasteiger partial charge >= 0.3 is 0 Å². The van der Waals surface area contributed by atoms with Gasteiger partial charge in [-0.05, 0) is 127 Å². The first-order valence-corrected chi connectivity index (χ1v) is 18.3. The maximum atomic E-state index is 4.08. The van der Waals surface area contributed by atoms with Crippen molar-refractivity contribution >= 4 is 22.6 Å². The lowest BCUT2D eigenvalue weighted by molar-refractivity contribution is 0.659. The summed E-state index contributed by atoms with van der Waals surface area (Å²) in [5.41, 5.74) is 21.9. The molecule has 0 aromatic heterocycles. The van der Waals surface area contributed by atoms with Crippen LogP contribution in [-0.2, 0) is 16.2 Å². The molecule has 3 aliphatic carbocycles. The van der Waals surface area contributed by atoms with E-state index < -0.39 is 0 Å². The minimum atomic E-state index is -0.161. The summed E-state index contributed by atoms with van der Waals surface area (Å²) in [6, 6.07) is 46.2. The number of allylic oxidation sites excluding steroid dienone is 3. The maximum absolute atomic E-state index is 4.08. The van der Waals surface area contributed by atoms with Crippen LogP contribution in [-0.4, -0.2) is 0 Å². The van der Waals surface area contributed by atoms with E-state index in [1.807, 2.05) is 6.08 Å². The van der Waals surface area contributed by atoms with Crippen LogP contribution >= 0.6 is 0 Å². The molecule has 0 saturated carbocycles. The largest absolute Gasteiger partial charge is 0.310 e. The minimum absolute atomic E-state index is 0.0916. The second kappa shape index (κ2) is 10.8. The molecule has 0 aliphatic heterocycles. The summed E-state index contributed by atoms with van der Waals surface area (Å²) in [7, 11) is 0. The van der Waals surface area contributed by atoms with Crippen LogP contribution in [0.5, 0.6) is 0 Å². The first kappa shape index (κ1) is 31.6. The van der Waals surface area contributed by atoms with Crippen molar-refractivity contribution in [3.05, 3.63) is 179 Å². The minimum Gasteiger partial charge on any atom is -0.310 e. The summed E-state index contributed by atoms with van der Waals surface area (Å²) in [5, 5.41) is 0. The summed E-state index contributed by atoms with van der Waals surface area (Å²) in [4.78, 5) is 2.50. The molecule has 0 spiro atoms. The number of rotatable bonds is 5. The average molecular weight is 660 g/mol. The number of nitrogens with zero attached hydrogens (tertiary/aromatic N) is 1.